The maximum atomic E-state index is 13.2. The Hall–Kier alpha value is -1.47. The molecule has 0 radical (unpaired) electrons. The van der Waals surface area contributed by atoms with E-state index in [4.69, 9.17) is 5.11 Å². The average Bonchev–Trinajstić information content (AvgIpc) is 2.76. The first-order valence-electron chi connectivity index (χ1n) is 5.83. The highest BCUT2D eigenvalue weighted by Crippen LogP contribution is 2.46. The van der Waals surface area contributed by atoms with Crippen LogP contribution < -0.4 is 0 Å². The van der Waals surface area contributed by atoms with Crippen LogP contribution in [0.3, 0.4) is 0 Å². The van der Waals surface area contributed by atoms with Gasteiger partial charge in [-0.05, 0) is 5.56 Å². The van der Waals surface area contributed by atoms with E-state index in [2.05, 4.69) is 4.98 Å². The predicted octanol–water partition coefficient (Wildman–Crippen LogP) is 3.31. The Kier molecular flexibility index (Phi) is 4.39. The molecule has 1 atom stereocenters. The minimum absolute atomic E-state index is 0.179. The van der Waals surface area contributed by atoms with Crippen LogP contribution in [0, 0.1) is 0 Å². The van der Waals surface area contributed by atoms with E-state index in [0.717, 1.165) is 0 Å². The number of aromatic nitrogens is 2. The van der Waals surface area contributed by atoms with Crippen molar-refractivity contribution >= 4 is 11.8 Å². The number of benzene rings is 1. The topological polar surface area (TPSA) is 38.0 Å². The fraction of sp³-hybridized carbons (Fsp3) is 0.308. The van der Waals surface area contributed by atoms with E-state index >= 15 is 0 Å². The van der Waals surface area contributed by atoms with Gasteiger partial charge in [0.05, 0.1) is 18.5 Å². The van der Waals surface area contributed by atoms with Crippen molar-refractivity contribution in [1.29, 1.82) is 0 Å². The molecule has 1 N–H and O–H groups in total. The molecule has 0 fully saturated rings. The van der Waals surface area contributed by atoms with E-state index in [1.54, 1.807) is 25.2 Å². The molecule has 2 aromatic rings. The molecule has 1 aromatic carbocycles. The van der Waals surface area contributed by atoms with E-state index < -0.39 is 11.4 Å². The van der Waals surface area contributed by atoms with Crippen LogP contribution in [0.4, 0.5) is 13.2 Å². The van der Waals surface area contributed by atoms with Crippen molar-refractivity contribution in [2.45, 2.75) is 23.2 Å². The lowest BCUT2D eigenvalue weighted by Gasteiger charge is -2.19. The molecular weight excluding hydrogens is 289 g/mol. The number of hydrogen-bond donors (Lipinski definition) is 1. The van der Waals surface area contributed by atoms with Gasteiger partial charge in [-0.2, -0.15) is 13.2 Å². The molecule has 1 aromatic heterocycles. The summed E-state index contributed by atoms with van der Waals surface area (Å²) in [5, 5.41) is 7.59. The first-order valence-corrected chi connectivity index (χ1v) is 6.71. The molecule has 0 saturated carbocycles. The second-order valence-electron chi connectivity index (χ2n) is 4.20. The SMILES string of the molecule is Cn1c(CO)cnc1SC(c1ccccc1)C(F)(F)F. The third-order valence-electron chi connectivity index (χ3n) is 2.83. The molecule has 0 bridgehead atoms. The smallest absolute Gasteiger partial charge is 0.390 e. The van der Waals surface area contributed by atoms with Crippen molar-refractivity contribution in [2.24, 2.45) is 7.05 Å². The van der Waals surface area contributed by atoms with Gasteiger partial charge in [0, 0.05) is 7.05 Å². The van der Waals surface area contributed by atoms with E-state index in [0.29, 0.717) is 17.5 Å². The summed E-state index contributed by atoms with van der Waals surface area (Å²) in [5.41, 5.74) is 0.653. The largest absolute Gasteiger partial charge is 0.404 e. The lowest BCUT2D eigenvalue weighted by Crippen LogP contribution is -2.18. The molecule has 20 heavy (non-hydrogen) atoms. The first kappa shape index (κ1) is 14.9. The van der Waals surface area contributed by atoms with Gasteiger partial charge in [-0.3, -0.25) is 0 Å². The van der Waals surface area contributed by atoms with Crippen LogP contribution in [0.1, 0.15) is 16.5 Å². The fourth-order valence-corrected chi connectivity index (χ4v) is 2.77. The zero-order chi connectivity index (χ0) is 14.8. The molecule has 1 unspecified atom stereocenters. The highest BCUT2D eigenvalue weighted by Gasteiger charge is 2.42. The third kappa shape index (κ3) is 3.16. The minimum Gasteiger partial charge on any atom is -0.390 e. The number of nitrogens with zero attached hydrogens (tertiary/aromatic N) is 2. The van der Waals surface area contributed by atoms with Gasteiger partial charge < -0.3 is 9.67 Å². The number of aliphatic hydroxyl groups excluding tert-OH is 1. The monoisotopic (exact) mass is 302 g/mol. The Morgan fingerprint density at radius 2 is 1.95 bits per heavy atom. The molecule has 0 aliphatic carbocycles. The Labute approximate surface area is 118 Å². The maximum absolute atomic E-state index is 13.2. The van der Waals surface area contributed by atoms with Gasteiger partial charge in [0.1, 0.15) is 5.25 Å². The van der Waals surface area contributed by atoms with Gasteiger partial charge >= 0.3 is 6.18 Å². The zero-order valence-corrected chi connectivity index (χ0v) is 11.4. The van der Waals surface area contributed by atoms with Crippen molar-refractivity contribution in [1.82, 2.24) is 9.55 Å². The number of hydrogen-bond acceptors (Lipinski definition) is 3. The van der Waals surface area contributed by atoms with Gasteiger partial charge in [-0.1, -0.05) is 42.1 Å². The standard InChI is InChI=1S/C13H13F3N2OS/c1-18-10(8-19)7-17-12(18)20-11(13(14,15)16)9-5-3-2-4-6-9/h2-7,11,19H,8H2,1H3. The van der Waals surface area contributed by atoms with Gasteiger partial charge in [-0.25, -0.2) is 4.98 Å². The zero-order valence-electron chi connectivity index (χ0n) is 10.6. The number of halogens is 3. The van der Waals surface area contributed by atoms with E-state index in [1.807, 2.05) is 0 Å². The summed E-state index contributed by atoms with van der Waals surface area (Å²) in [6, 6.07) is 7.72. The highest BCUT2D eigenvalue weighted by atomic mass is 32.2. The lowest BCUT2D eigenvalue weighted by molar-refractivity contribution is -0.129. The number of imidazole rings is 1. The van der Waals surface area contributed by atoms with Crippen molar-refractivity contribution in [3.05, 3.63) is 47.8 Å². The summed E-state index contributed by atoms with van der Waals surface area (Å²) >= 11 is 0.627. The molecule has 0 amide bonds. The van der Waals surface area contributed by atoms with Crippen LogP contribution in [0.5, 0.6) is 0 Å². The molecule has 3 nitrogen and oxygen atoms in total. The Balaban J connectivity index is 2.32. The van der Waals surface area contributed by atoms with Crippen molar-refractivity contribution in [3.8, 4) is 0 Å². The van der Waals surface area contributed by atoms with Gasteiger partial charge in [0.25, 0.3) is 0 Å². The molecule has 0 spiro atoms. The lowest BCUT2D eigenvalue weighted by atomic mass is 10.1. The van der Waals surface area contributed by atoms with Gasteiger partial charge in [0.2, 0.25) is 0 Å². The third-order valence-corrected chi connectivity index (χ3v) is 4.19. The van der Waals surface area contributed by atoms with E-state index in [9.17, 15) is 13.2 Å². The van der Waals surface area contributed by atoms with E-state index in [1.165, 1.54) is 22.9 Å². The second-order valence-corrected chi connectivity index (χ2v) is 5.27. The van der Waals surface area contributed by atoms with Crippen molar-refractivity contribution in [3.63, 3.8) is 0 Å². The molecule has 108 valence electrons. The highest BCUT2D eigenvalue weighted by molar-refractivity contribution is 7.99. The van der Waals surface area contributed by atoms with Crippen LogP contribution in [0.25, 0.3) is 0 Å². The van der Waals surface area contributed by atoms with Crippen LogP contribution >= 0.6 is 11.8 Å². The van der Waals surface area contributed by atoms with Gasteiger partial charge in [0.15, 0.2) is 5.16 Å². The van der Waals surface area contributed by atoms with Crippen molar-refractivity contribution < 1.29 is 18.3 Å². The number of aliphatic hydroxyl groups is 1. The van der Waals surface area contributed by atoms with Crippen LogP contribution in [0.2, 0.25) is 0 Å². The molecular formula is C13H13F3N2OS. The number of alkyl halides is 3. The van der Waals surface area contributed by atoms with Crippen molar-refractivity contribution in [2.75, 3.05) is 0 Å². The first-order chi connectivity index (χ1) is 9.43. The molecule has 2 rings (SSSR count). The van der Waals surface area contributed by atoms with Crippen LogP contribution in [-0.2, 0) is 13.7 Å². The van der Waals surface area contributed by atoms with Crippen LogP contribution in [-0.4, -0.2) is 20.8 Å². The normalized spacial score (nSPS) is 13.4. The summed E-state index contributed by atoms with van der Waals surface area (Å²) in [5.74, 6) is 0. The molecule has 0 saturated heterocycles. The van der Waals surface area contributed by atoms with E-state index in [-0.39, 0.29) is 17.3 Å². The maximum Gasteiger partial charge on any atom is 0.404 e. The average molecular weight is 302 g/mol. The second kappa shape index (κ2) is 5.88. The summed E-state index contributed by atoms with van der Waals surface area (Å²) in [4.78, 5) is 3.93. The van der Waals surface area contributed by atoms with Crippen LogP contribution in [0.15, 0.2) is 41.7 Å². The molecule has 0 aliphatic rings. The Morgan fingerprint density at radius 1 is 1.30 bits per heavy atom. The number of rotatable bonds is 4. The summed E-state index contributed by atoms with van der Waals surface area (Å²) in [7, 11) is 1.58. The number of thioether (sulfide) groups is 1. The molecule has 1 heterocycles. The Morgan fingerprint density at radius 3 is 2.45 bits per heavy atom. The molecule has 7 heteroatoms. The molecule has 0 aliphatic heterocycles. The Bertz CT molecular complexity index is 569. The summed E-state index contributed by atoms with van der Waals surface area (Å²) < 4.78 is 41.1. The minimum atomic E-state index is -4.38. The quantitative estimate of drug-likeness (QED) is 0.881. The summed E-state index contributed by atoms with van der Waals surface area (Å²) in [6.07, 6.45) is -3.00. The predicted molar refractivity (Wildman–Crippen MR) is 70.2 cm³/mol. The van der Waals surface area contributed by atoms with Gasteiger partial charge in [-0.15, -0.1) is 0 Å². The fourth-order valence-electron chi connectivity index (χ4n) is 1.74. The summed E-state index contributed by atoms with van der Waals surface area (Å²) in [6.45, 7) is -0.258.